The largest absolute Gasteiger partial charge is 0.392 e. The maximum Gasteiger partial charge on any atom is 0.255 e. The molecule has 1 saturated heterocycles. The fourth-order valence-electron chi connectivity index (χ4n) is 5.46. The highest BCUT2D eigenvalue weighted by molar-refractivity contribution is 6.05. The molecule has 6 rings (SSSR count). The van der Waals surface area contributed by atoms with E-state index in [0.717, 1.165) is 56.8 Å². The van der Waals surface area contributed by atoms with Crippen molar-refractivity contribution in [2.45, 2.75) is 32.3 Å². The van der Waals surface area contributed by atoms with E-state index in [4.69, 9.17) is 10.5 Å². The number of morpholine rings is 1. The Morgan fingerprint density at radius 3 is 2.58 bits per heavy atom. The molecule has 1 fully saturated rings. The number of rotatable bonds is 7. The minimum atomic E-state index is -0.306. The summed E-state index contributed by atoms with van der Waals surface area (Å²) in [5, 5.41) is 13.3. The Kier molecular flexibility index (Phi) is 7.39. The fourth-order valence-corrected chi connectivity index (χ4v) is 5.46. The van der Waals surface area contributed by atoms with Crippen LogP contribution in [0.5, 0.6) is 0 Å². The Labute approximate surface area is 233 Å². The molecule has 1 amide bonds. The van der Waals surface area contributed by atoms with E-state index in [1.807, 2.05) is 24.3 Å². The van der Waals surface area contributed by atoms with Gasteiger partial charge in [-0.1, -0.05) is 30.3 Å². The normalized spacial score (nSPS) is 14.7. The van der Waals surface area contributed by atoms with Crippen LogP contribution in [0.2, 0.25) is 0 Å². The van der Waals surface area contributed by atoms with E-state index >= 15 is 0 Å². The highest BCUT2D eigenvalue weighted by Crippen LogP contribution is 2.29. The summed E-state index contributed by atoms with van der Waals surface area (Å²) in [5.74, 6) is 0.752. The Hall–Kier alpha value is -4.34. The summed E-state index contributed by atoms with van der Waals surface area (Å²) in [4.78, 5) is 28.8. The molecule has 4 aromatic rings. The summed E-state index contributed by atoms with van der Waals surface area (Å²) in [7, 11) is 0. The van der Waals surface area contributed by atoms with Gasteiger partial charge in [0.15, 0.2) is 5.82 Å². The van der Waals surface area contributed by atoms with E-state index in [0.29, 0.717) is 40.4 Å². The number of amides is 1. The molecule has 40 heavy (non-hydrogen) atoms. The van der Waals surface area contributed by atoms with Gasteiger partial charge in [-0.05, 0) is 66.3 Å². The van der Waals surface area contributed by atoms with Gasteiger partial charge in [-0.3, -0.25) is 4.79 Å². The lowest BCUT2D eigenvalue weighted by Gasteiger charge is -2.28. The molecule has 1 aliphatic carbocycles. The predicted molar refractivity (Wildman–Crippen MR) is 154 cm³/mol. The fraction of sp³-hybridized carbons (Fsp3) is 0.290. The van der Waals surface area contributed by atoms with Crippen LogP contribution in [-0.2, 0) is 30.6 Å². The lowest BCUT2D eigenvalue weighted by Crippen LogP contribution is -2.36. The number of aliphatic hydroxyl groups excluding tert-OH is 1. The van der Waals surface area contributed by atoms with E-state index in [2.05, 4.69) is 49.4 Å². The summed E-state index contributed by atoms with van der Waals surface area (Å²) in [5.41, 5.74) is 13.0. The molecule has 9 nitrogen and oxygen atoms in total. The van der Waals surface area contributed by atoms with Gasteiger partial charge in [0.25, 0.3) is 5.91 Å². The number of hydrogen-bond donors (Lipinski definition) is 3. The van der Waals surface area contributed by atoms with Crippen molar-refractivity contribution in [3.8, 4) is 11.4 Å². The van der Waals surface area contributed by atoms with Gasteiger partial charge in [0.2, 0.25) is 5.95 Å². The third-order valence-corrected chi connectivity index (χ3v) is 7.56. The third kappa shape index (κ3) is 5.52. The van der Waals surface area contributed by atoms with Crippen molar-refractivity contribution >= 4 is 23.2 Å². The topological polar surface area (TPSA) is 126 Å². The Morgan fingerprint density at radius 2 is 1.77 bits per heavy atom. The molecule has 0 bridgehead atoms. The van der Waals surface area contributed by atoms with Crippen LogP contribution in [0.3, 0.4) is 0 Å². The zero-order valence-electron chi connectivity index (χ0n) is 22.3. The first-order valence-electron chi connectivity index (χ1n) is 13.7. The molecule has 204 valence electrons. The van der Waals surface area contributed by atoms with Crippen molar-refractivity contribution in [1.29, 1.82) is 0 Å². The summed E-state index contributed by atoms with van der Waals surface area (Å²) >= 11 is 0. The van der Waals surface area contributed by atoms with Crippen LogP contribution >= 0.6 is 0 Å². The number of ether oxygens (including phenoxy) is 1. The minimum absolute atomic E-state index is 0.0985. The number of nitrogens with one attached hydrogen (secondary N) is 1. The number of nitrogens with zero attached hydrogens (tertiary/aromatic N) is 4. The number of fused-ring (bicyclic) bond motifs is 1. The maximum atomic E-state index is 13.1. The van der Waals surface area contributed by atoms with E-state index in [1.165, 1.54) is 11.1 Å². The molecule has 1 aromatic heterocycles. The van der Waals surface area contributed by atoms with Crippen LogP contribution in [0.4, 0.5) is 17.3 Å². The molecule has 9 heteroatoms. The van der Waals surface area contributed by atoms with Crippen LogP contribution < -0.4 is 16.0 Å². The number of aromatic nitrogens is 3. The highest BCUT2D eigenvalue weighted by atomic mass is 16.5. The van der Waals surface area contributed by atoms with E-state index in [9.17, 15) is 9.90 Å². The van der Waals surface area contributed by atoms with Crippen LogP contribution in [-0.4, -0.2) is 52.3 Å². The number of nitrogens with two attached hydrogens (primary N) is 1. The van der Waals surface area contributed by atoms with Gasteiger partial charge in [-0.15, -0.1) is 0 Å². The van der Waals surface area contributed by atoms with Crippen molar-refractivity contribution in [2.75, 3.05) is 42.3 Å². The first-order valence-corrected chi connectivity index (χ1v) is 13.7. The SMILES string of the molecule is Nc1nc(Cc2ccc(N3CCOCC3)cc2)nc(-c2cccc(NC(=O)c3ccc4c(c3)CCC4)c2CO)n1. The van der Waals surface area contributed by atoms with Crippen molar-refractivity contribution in [3.63, 3.8) is 0 Å². The van der Waals surface area contributed by atoms with E-state index < -0.39 is 0 Å². The van der Waals surface area contributed by atoms with E-state index in [-0.39, 0.29) is 18.5 Å². The number of carbonyl (C=O) groups excluding carboxylic acids is 1. The second-order valence-electron chi connectivity index (χ2n) is 10.2. The average Bonchev–Trinajstić information content (AvgIpc) is 3.46. The molecule has 0 atom stereocenters. The van der Waals surface area contributed by atoms with Crippen LogP contribution in [0.15, 0.2) is 60.7 Å². The highest BCUT2D eigenvalue weighted by Gasteiger charge is 2.18. The van der Waals surface area contributed by atoms with Gasteiger partial charge in [0.1, 0.15) is 5.82 Å². The molecule has 1 aliphatic heterocycles. The van der Waals surface area contributed by atoms with Gasteiger partial charge >= 0.3 is 0 Å². The van der Waals surface area contributed by atoms with Gasteiger partial charge < -0.3 is 25.8 Å². The summed E-state index contributed by atoms with van der Waals surface area (Å²) < 4.78 is 5.45. The zero-order valence-corrected chi connectivity index (χ0v) is 22.3. The number of nitrogen functional groups attached to an aromatic ring is 1. The number of aryl methyl sites for hydroxylation is 2. The number of aliphatic hydroxyl groups is 1. The summed E-state index contributed by atoms with van der Waals surface area (Å²) in [6.45, 7) is 2.94. The lowest BCUT2D eigenvalue weighted by atomic mass is 10.0. The zero-order chi connectivity index (χ0) is 27.5. The first-order chi connectivity index (χ1) is 19.6. The Balaban J connectivity index is 1.23. The van der Waals surface area contributed by atoms with Crippen LogP contribution in [0.1, 0.15) is 44.9 Å². The first kappa shape index (κ1) is 25.9. The summed E-state index contributed by atoms with van der Waals surface area (Å²) in [6, 6.07) is 19.6. The van der Waals surface area contributed by atoms with Crippen LogP contribution in [0.25, 0.3) is 11.4 Å². The molecule has 3 aromatic carbocycles. The molecule has 0 saturated carbocycles. The minimum Gasteiger partial charge on any atom is -0.392 e. The standard InChI is InChI=1S/C31H32N6O3/c32-31-35-28(17-20-7-11-24(12-8-20)37-13-15-40-16-14-37)34-29(36-31)25-5-2-6-27(26(25)19-38)33-30(39)23-10-9-21-3-1-4-22(21)18-23/h2,5-12,18,38H,1,3-4,13-17,19H2,(H,33,39)(H2,32,34,35,36). The quantitative estimate of drug-likeness (QED) is 0.326. The van der Waals surface area contributed by atoms with E-state index in [1.54, 1.807) is 12.1 Å². The second-order valence-corrected chi connectivity index (χ2v) is 10.2. The number of benzene rings is 3. The molecule has 2 heterocycles. The third-order valence-electron chi connectivity index (χ3n) is 7.56. The molecule has 2 aliphatic rings. The second kappa shape index (κ2) is 11.4. The van der Waals surface area contributed by atoms with Gasteiger partial charge in [0.05, 0.1) is 19.8 Å². The van der Waals surface area contributed by atoms with Crippen molar-refractivity contribution < 1.29 is 14.6 Å². The predicted octanol–water partition coefficient (Wildman–Crippen LogP) is 3.78. The molecular weight excluding hydrogens is 504 g/mol. The van der Waals surface area contributed by atoms with Crippen molar-refractivity contribution in [1.82, 2.24) is 15.0 Å². The molecular formula is C31H32N6O3. The maximum absolute atomic E-state index is 13.1. The molecule has 0 radical (unpaired) electrons. The molecule has 0 spiro atoms. The molecule has 0 unspecified atom stereocenters. The van der Waals surface area contributed by atoms with Gasteiger partial charge in [-0.2, -0.15) is 9.97 Å². The molecule has 4 N–H and O–H groups in total. The van der Waals surface area contributed by atoms with Gasteiger partial charge in [-0.25, -0.2) is 4.98 Å². The monoisotopic (exact) mass is 536 g/mol. The van der Waals surface area contributed by atoms with Crippen molar-refractivity contribution in [3.05, 3.63) is 94.3 Å². The number of hydrogen-bond acceptors (Lipinski definition) is 8. The smallest absolute Gasteiger partial charge is 0.255 e. The van der Waals surface area contributed by atoms with Crippen molar-refractivity contribution in [2.24, 2.45) is 0 Å². The average molecular weight is 537 g/mol. The van der Waals surface area contributed by atoms with Crippen LogP contribution in [0, 0.1) is 0 Å². The Bertz CT molecular complexity index is 1530. The lowest BCUT2D eigenvalue weighted by molar-refractivity contribution is 0.102. The van der Waals surface area contributed by atoms with Gasteiger partial charge in [0, 0.05) is 47.6 Å². The summed E-state index contributed by atoms with van der Waals surface area (Å²) in [6.07, 6.45) is 3.65. The number of anilines is 3. The Morgan fingerprint density at radius 1 is 0.975 bits per heavy atom. The number of carbonyl (C=O) groups is 1.